The van der Waals surface area contributed by atoms with Crippen LogP contribution in [0.15, 0.2) is 40.9 Å². The van der Waals surface area contributed by atoms with Gasteiger partial charge in [0.1, 0.15) is 17.5 Å². The molecule has 0 aromatic heterocycles. The maximum absolute atomic E-state index is 14.0. The monoisotopic (exact) mass is 344 g/mol. The van der Waals surface area contributed by atoms with Crippen LogP contribution in [0.25, 0.3) is 0 Å². The van der Waals surface area contributed by atoms with E-state index >= 15 is 0 Å². The summed E-state index contributed by atoms with van der Waals surface area (Å²) >= 11 is 3.01. The average molecular weight is 345 g/mol. The minimum Gasteiger partial charge on any atom is -0.271 e. The predicted octanol–water partition coefficient (Wildman–Crippen LogP) is 3.61. The normalized spacial score (nSPS) is 12.4. The standard InChI is InChI=1S/C14H12BrF3N2/c15-10-5-6-11(17)13(14(10)18)12(20-19)7-8-1-3-9(16)4-2-8/h1-6,12,20H,7,19H2. The molecule has 0 saturated carbocycles. The van der Waals surface area contributed by atoms with Gasteiger partial charge < -0.3 is 0 Å². The molecule has 0 spiro atoms. The van der Waals surface area contributed by atoms with E-state index in [4.69, 9.17) is 5.84 Å². The number of hydrogen-bond acceptors (Lipinski definition) is 2. The molecule has 0 amide bonds. The summed E-state index contributed by atoms with van der Waals surface area (Å²) in [6.45, 7) is 0. The summed E-state index contributed by atoms with van der Waals surface area (Å²) in [5.74, 6) is 3.64. The van der Waals surface area contributed by atoms with E-state index in [2.05, 4.69) is 21.4 Å². The maximum atomic E-state index is 14.0. The summed E-state index contributed by atoms with van der Waals surface area (Å²) in [5, 5.41) is 0. The predicted molar refractivity (Wildman–Crippen MR) is 74.2 cm³/mol. The van der Waals surface area contributed by atoms with Crippen LogP contribution in [0, 0.1) is 17.5 Å². The second-order valence-corrected chi connectivity index (χ2v) is 5.16. The molecule has 2 rings (SSSR count). The molecule has 2 aromatic rings. The first-order valence-corrected chi connectivity index (χ1v) is 6.66. The van der Waals surface area contributed by atoms with Crippen molar-refractivity contribution in [1.29, 1.82) is 0 Å². The van der Waals surface area contributed by atoms with E-state index in [1.54, 1.807) is 12.1 Å². The molecule has 0 bridgehead atoms. The number of rotatable bonds is 4. The fourth-order valence-corrected chi connectivity index (χ4v) is 2.31. The zero-order valence-electron chi connectivity index (χ0n) is 10.3. The van der Waals surface area contributed by atoms with E-state index in [1.165, 1.54) is 18.2 Å². The van der Waals surface area contributed by atoms with Crippen LogP contribution in [-0.2, 0) is 6.42 Å². The smallest absolute Gasteiger partial charge is 0.145 e. The lowest BCUT2D eigenvalue weighted by atomic mass is 9.98. The van der Waals surface area contributed by atoms with Crippen molar-refractivity contribution in [3.63, 3.8) is 0 Å². The Morgan fingerprint density at radius 3 is 2.30 bits per heavy atom. The summed E-state index contributed by atoms with van der Waals surface area (Å²) in [5.41, 5.74) is 2.96. The van der Waals surface area contributed by atoms with Crippen LogP contribution >= 0.6 is 15.9 Å². The second kappa shape index (κ2) is 6.39. The Kier molecular flexibility index (Phi) is 4.80. The fraction of sp³-hybridized carbons (Fsp3) is 0.143. The molecule has 0 aliphatic rings. The van der Waals surface area contributed by atoms with Gasteiger partial charge in [-0.25, -0.2) is 13.2 Å². The van der Waals surface area contributed by atoms with E-state index in [0.717, 1.165) is 6.07 Å². The minimum atomic E-state index is -0.752. The Morgan fingerprint density at radius 1 is 1.05 bits per heavy atom. The number of halogens is 4. The highest BCUT2D eigenvalue weighted by atomic mass is 79.9. The SMILES string of the molecule is NNC(Cc1ccc(F)cc1)c1c(F)ccc(Br)c1F. The number of benzene rings is 2. The molecule has 20 heavy (non-hydrogen) atoms. The van der Waals surface area contributed by atoms with Crippen molar-refractivity contribution in [1.82, 2.24) is 5.43 Å². The van der Waals surface area contributed by atoms with Gasteiger partial charge in [-0.3, -0.25) is 11.3 Å². The van der Waals surface area contributed by atoms with Crippen molar-refractivity contribution in [2.75, 3.05) is 0 Å². The molecule has 0 aliphatic heterocycles. The van der Waals surface area contributed by atoms with Crippen molar-refractivity contribution < 1.29 is 13.2 Å². The highest BCUT2D eigenvalue weighted by Crippen LogP contribution is 2.28. The van der Waals surface area contributed by atoms with E-state index in [-0.39, 0.29) is 22.3 Å². The molecule has 6 heteroatoms. The molecule has 0 saturated heterocycles. The summed E-state index contributed by atoms with van der Waals surface area (Å²) < 4.78 is 40.8. The quantitative estimate of drug-likeness (QED) is 0.505. The first-order valence-electron chi connectivity index (χ1n) is 5.87. The maximum Gasteiger partial charge on any atom is 0.145 e. The van der Waals surface area contributed by atoms with Gasteiger partial charge in [-0.2, -0.15) is 0 Å². The number of nitrogens with one attached hydrogen (secondary N) is 1. The van der Waals surface area contributed by atoms with Gasteiger partial charge in [-0.05, 0) is 52.2 Å². The Balaban J connectivity index is 2.33. The zero-order chi connectivity index (χ0) is 14.7. The highest BCUT2D eigenvalue weighted by molar-refractivity contribution is 9.10. The van der Waals surface area contributed by atoms with Crippen molar-refractivity contribution in [3.8, 4) is 0 Å². The van der Waals surface area contributed by atoms with Crippen LogP contribution in [0.2, 0.25) is 0 Å². The molecule has 106 valence electrons. The first-order chi connectivity index (χ1) is 9.52. The number of nitrogens with two attached hydrogens (primary N) is 1. The second-order valence-electron chi connectivity index (χ2n) is 4.31. The lowest BCUT2D eigenvalue weighted by Crippen LogP contribution is -2.31. The topological polar surface area (TPSA) is 38.0 Å². The van der Waals surface area contributed by atoms with Gasteiger partial charge in [-0.1, -0.05) is 12.1 Å². The van der Waals surface area contributed by atoms with Crippen LogP contribution < -0.4 is 11.3 Å². The third-order valence-corrected chi connectivity index (χ3v) is 3.59. The zero-order valence-corrected chi connectivity index (χ0v) is 11.9. The molecular weight excluding hydrogens is 333 g/mol. The Labute approximate surface area is 122 Å². The Hall–Kier alpha value is -1.37. The van der Waals surface area contributed by atoms with Crippen molar-refractivity contribution in [2.24, 2.45) is 5.84 Å². The lowest BCUT2D eigenvalue weighted by molar-refractivity contribution is 0.470. The van der Waals surface area contributed by atoms with E-state index < -0.39 is 17.7 Å². The van der Waals surface area contributed by atoms with Gasteiger partial charge in [0.2, 0.25) is 0 Å². The Morgan fingerprint density at radius 2 is 1.70 bits per heavy atom. The van der Waals surface area contributed by atoms with E-state index in [1.807, 2.05) is 0 Å². The summed E-state index contributed by atoms with van der Waals surface area (Å²) in [7, 11) is 0. The summed E-state index contributed by atoms with van der Waals surface area (Å²) in [6.07, 6.45) is 0.237. The van der Waals surface area contributed by atoms with Gasteiger partial charge >= 0.3 is 0 Å². The average Bonchev–Trinajstić information content (AvgIpc) is 2.44. The number of hydrogen-bond donors (Lipinski definition) is 2. The van der Waals surface area contributed by atoms with Crippen LogP contribution in [0.3, 0.4) is 0 Å². The van der Waals surface area contributed by atoms with E-state index in [0.29, 0.717) is 5.56 Å². The fourth-order valence-electron chi connectivity index (χ4n) is 1.96. The molecule has 2 aromatic carbocycles. The largest absolute Gasteiger partial charge is 0.271 e. The molecule has 0 aliphatic carbocycles. The third-order valence-electron chi connectivity index (χ3n) is 2.98. The molecule has 0 heterocycles. The van der Waals surface area contributed by atoms with Crippen LogP contribution in [0.5, 0.6) is 0 Å². The first kappa shape index (κ1) is 15.0. The van der Waals surface area contributed by atoms with Gasteiger partial charge in [-0.15, -0.1) is 0 Å². The summed E-state index contributed by atoms with van der Waals surface area (Å²) in [4.78, 5) is 0. The van der Waals surface area contributed by atoms with Gasteiger partial charge in [0.25, 0.3) is 0 Å². The van der Waals surface area contributed by atoms with Crippen LogP contribution in [0.4, 0.5) is 13.2 Å². The van der Waals surface area contributed by atoms with Crippen molar-refractivity contribution in [2.45, 2.75) is 12.5 Å². The van der Waals surface area contributed by atoms with Crippen molar-refractivity contribution in [3.05, 3.63) is 69.4 Å². The molecule has 1 unspecified atom stereocenters. The Bertz CT molecular complexity index is 602. The molecular formula is C14H12BrF3N2. The molecule has 0 fully saturated rings. The number of hydrazine groups is 1. The van der Waals surface area contributed by atoms with Gasteiger partial charge in [0, 0.05) is 5.56 Å². The van der Waals surface area contributed by atoms with E-state index in [9.17, 15) is 13.2 Å². The lowest BCUT2D eigenvalue weighted by Gasteiger charge is -2.18. The molecule has 1 atom stereocenters. The molecule has 3 N–H and O–H groups in total. The van der Waals surface area contributed by atoms with Crippen LogP contribution in [-0.4, -0.2) is 0 Å². The highest BCUT2D eigenvalue weighted by Gasteiger charge is 2.21. The van der Waals surface area contributed by atoms with Crippen LogP contribution in [0.1, 0.15) is 17.2 Å². The molecule has 0 radical (unpaired) electrons. The van der Waals surface area contributed by atoms with Gasteiger partial charge in [0.05, 0.1) is 10.5 Å². The molecule has 2 nitrogen and oxygen atoms in total. The van der Waals surface area contributed by atoms with Gasteiger partial charge in [0.15, 0.2) is 0 Å². The van der Waals surface area contributed by atoms with Crippen molar-refractivity contribution >= 4 is 15.9 Å². The summed E-state index contributed by atoms with van der Waals surface area (Å²) in [6, 6.07) is 7.38. The minimum absolute atomic E-state index is 0.147. The third kappa shape index (κ3) is 3.20.